The van der Waals surface area contributed by atoms with Crippen LogP contribution in [0.3, 0.4) is 0 Å². The predicted molar refractivity (Wildman–Crippen MR) is 76.6 cm³/mol. The van der Waals surface area contributed by atoms with E-state index in [0.717, 1.165) is 6.42 Å². The molecule has 1 heterocycles. The normalized spacial score (nSPS) is 11.7. The lowest BCUT2D eigenvalue weighted by Crippen LogP contribution is -2.19. The molecule has 1 unspecified atom stereocenters. The molecule has 0 bridgehead atoms. The molecule has 0 saturated heterocycles. The Morgan fingerprint density at radius 1 is 1.20 bits per heavy atom. The minimum absolute atomic E-state index is 0.203. The van der Waals surface area contributed by atoms with Crippen LogP contribution >= 0.6 is 0 Å². The highest BCUT2D eigenvalue weighted by molar-refractivity contribution is 5.86. The van der Waals surface area contributed by atoms with Crippen LogP contribution in [0, 0.1) is 0 Å². The monoisotopic (exact) mass is 271 g/mol. The molecular formula is C15H17N3O2. The lowest BCUT2D eigenvalue weighted by molar-refractivity contribution is 0.0593. The van der Waals surface area contributed by atoms with Crippen LogP contribution in [0.2, 0.25) is 0 Å². The maximum Gasteiger partial charge on any atom is 0.358 e. The van der Waals surface area contributed by atoms with Gasteiger partial charge in [0.25, 0.3) is 0 Å². The molecular weight excluding hydrogens is 254 g/mol. The van der Waals surface area contributed by atoms with Gasteiger partial charge in [-0.05, 0) is 31.0 Å². The van der Waals surface area contributed by atoms with Crippen molar-refractivity contribution in [2.45, 2.75) is 19.4 Å². The zero-order chi connectivity index (χ0) is 14.4. The van der Waals surface area contributed by atoms with Gasteiger partial charge in [0, 0.05) is 6.04 Å². The topological polar surface area (TPSA) is 64.1 Å². The highest BCUT2D eigenvalue weighted by Crippen LogP contribution is 2.09. The van der Waals surface area contributed by atoms with Crippen molar-refractivity contribution in [1.82, 2.24) is 10.2 Å². The number of carbonyl (C=O) groups excluding carboxylic acids is 1. The van der Waals surface area contributed by atoms with E-state index in [4.69, 9.17) is 0 Å². The number of rotatable bonds is 5. The molecule has 0 aliphatic carbocycles. The van der Waals surface area contributed by atoms with E-state index in [2.05, 4.69) is 39.3 Å². The molecule has 5 heteroatoms. The van der Waals surface area contributed by atoms with Gasteiger partial charge in [-0.1, -0.05) is 30.3 Å². The lowest BCUT2D eigenvalue weighted by Gasteiger charge is -2.14. The van der Waals surface area contributed by atoms with Crippen LogP contribution in [0.4, 0.5) is 5.82 Å². The summed E-state index contributed by atoms with van der Waals surface area (Å²) >= 11 is 0. The third-order valence-corrected chi connectivity index (χ3v) is 2.84. The number of ether oxygens (including phenoxy) is 1. The molecule has 0 amide bonds. The van der Waals surface area contributed by atoms with Gasteiger partial charge in [-0.25, -0.2) is 4.79 Å². The van der Waals surface area contributed by atoms with Gasteiger partial charge in [0.15, 0.2) is 5.69 Å². The zero-order valence-electron chi connectivity index (χ0n) is 11.5. The minimum atomic E-state index is -0.485. The molecule has 0 aliphatic rings. The number of hydrogen-bond acceptors (Lipinski definition) is 5. The number of esters is 1. The van der Waals surface area contributed by atoms with Gasteiger partial charge < -0.3 is 10.1 Å². The van der Waals surface area contributed by atoms with E-state index in [9.17, 15) is 4.79 Å². The quantitative estimate of drug-likeness (QED) is 0.845. The summed E-state index contributed by atoms with van der Waals surface area (Å²) in [7, 11) is 1.32. The molecule has 0 radical (unpaired) electrons. The molecule has 104 valence electrons. The SMILES string of the molecule is COC(=O)c1ccc(NC(C)Cc2ccccc2)nn1. The highest BCUT2D eigenvalue weighted by Gasteiger charge is 2.09. The number of carbonyl (C=O) groups is 1. The summed E-state index contributed by atoms with van der Waals surface area (Å²) in [6.07, 6.45) is 0.890. The van der Waals surface area contributed by atoms with E-state index in [1.165, 1.54) is 12.7 Å². The third kappa shape index (κ3) is 3.78. The average Bonchev–Trinajstić information content (AvgIpc) is 2.48. The molecule has 2 rings (SSSR count). The fraction of sp³-hybridized carbons (Fsp3) is 0.267. The van der Waals surface area contributed by atoms with Crippen LogP contribution in [0.1, 0.15) is 23.0 Å². The maximum atomic E-state index is 11.2. The van der Waals surface area contributed by atoms with E-state index in [-0.39, 0.29) is 11.7 Å². The zero-order valence-corrected chi connectivity index (χ0v) is 11.5. The van der Waals surface area contributed by atoms with Crippen molar-refractivity contribution in [3.8, 4) is 0 Å². The second-order valence-electron chi connectivity index (χ2n) is 4.53. The van der Waals surface area contributed by atoms with Crippen molar-refractivity contribution in [3.63, 3.8) is 0 Å². The van der Waals surface area contributed by atoms with Crippen LogP contribution in [-0.2, 0) is 11.2 Å². The van der Waals surface area contributed by atoms with E-state index in [0.29, 0.717) is 5.82 Å². The second-order valence-corrected chi connectivity index (χ2v) is 4.53. The summed E-state index contributed by atoms with van der Waals surface area (Å²) in [6, 6.07) is 13.8. The third-order valence-electron chi connectivity index (χ3n) is 2.84. The Morgan fingerprint density at radius 2 is 1.95 bits per heavy atom. The average molecular weight is 271 g/mol. The summed E-state index contributed by atoms with van der Waals surface area (Å²) in [5.41, 5.74) is 1.46. The molecule has 0 aliphatic heterocycles. The highest BCUT2D eigenvalue weighted by atomic mass is 16.5. The molecule has 5 nitrogen and oxygen atoms in total. The van der Waals surface area contributed by atoms with Gasteiger partial charge in [-0.2, -0.15) is 0 Å². The Balaban J connectivity index is 1.94. The molecule has 1 aromatic heterocycles. The summed E-state index contributed by atoms with van der Waals surface area (Å²) in [5, 5.41) is 11.0. The predicted octanol–water partition coefficient (Wildman–Crippen LogP) is 2.31. The van der Waals surface area contributed by atoms with Gasteiger partial charge in [0.2, 0.25) is 0 Å². The molecule has 1 N–H and O–H groups in total. The van der Waals surface area contributed by atoms with Crippen LogP contribution in [0.25, 0.3) is 0 Å². The first kappa shape index (κ1) is 14.0. The van der Waals surface area contributed by atoms with Gasteiger partial charge in [0.05, 0.1) is 7.11 Å². The summed E-state index contributed by atoms with van der Waals surface area (Å²) < 4.78 is 4.57. The Labute approximate surface area is 118 Å². The molecule has 1 atom stereocenters. The Morgan fingerprint density at radius 3 is 2.55 bits per heavy atom. The van der Waals surface area contributed by atoms with Crippen molar-refractivity contribution < 1.29 is 9.53 Å². The van der Waals surface area contributed by atoms with E-state index >= 15 is 0 Å². The molecule has 0 fully saturated rings. The smallest absolute Gasteiger partial charge is 0.358 e. The van der Waals surface area contributed by atoms with E-state index in [1.807, 2.05) is 18.2 Å². The van der Waals surface area contributed by atoms with Crippen LogP contribution in [0.15, 0.2) is 42.5 Å². The number of nitrogens with zero attached hydrogens (tertiary/aromatic N) is 2. The fourth-order valence-corrected chi connectivity index (χ4v) is 1.89. The van der Waals surface area contributed by atoms with Crippen molar-refractivity contribution in [2.75, 3.05) is 12.4 Å². The number of benzene rings is 1. The van der Waals surface area contributed by atoms with Gasteiger partial charge in [-0.15, -0.1) is 10.2 Å². The van der Waals surface area contributed by atoms with Gasteiger partial charge >= 0.3 is 5.97 Å². The number of aromatic nitrogens is 2. The van der Waals surface area contributed by atoms with Crippen molar-refractivity contribution in [1.29, 1.82) is 0 Å². The fourth-order valence-electron chi connectivity index (χ4n) is 1.89. The molecule has 2 aromatic rings. The van der Waals surface area contributed by atoms with Crippen molar-refractivity contribution in [3.05, 3.63) is 53.7 Å². The summed E-state index contributed by atoms with van der Waals surface area (Å²) in [4.78, 5) is 11.2. The number of nitrogens with one attached hydrogen (secondary N) is 1. The van der Waals surface area contributed by atoms with Gasteiger partial charge in [0.1, 0.15) is 5.82 Å². The first-order valence-corrected chi connectivity index (χ1v) is 6.41. The van der Waals surface area contributed by atoms with E-state index < -0.39 is 5.97 Å². The number of anilines is 1. The number of methoxy groups -OCH3 is 1. The lowest BCUT2D eigenvalue weighted by atomic mass is 10.1. The molecule has 20 heavy (non-hydrogen) atoms. The summed E-state index contributed by atoms with van der Waals surface area (Å²) in [5.74, 6) is 0.155. The standard InChI is InChI=1S/C15H17N3O2/c1-11(10-12-6-4-3-5-7-12)16-14-9-8-13(17-18-14)15(19)20-2/h3-9,11H,10H2,1-2H3,(H,16,18). The van der Waals surface area contributed by atoms with Crippen LogP contribution < -0.4 is 5.32 Å². The minimum Gasteiger partial charge on any atom is -0.464 e. The number of hydrogen-bond donors (Lipinski definition) is 1. The maximum absolute atomic E-state index is 11.2. The molecule has 1 aromatic carbocycles. The largest absolute Gasteiger partial charge is 0.464 e. The Hall–Kier alpha value is -2.43. The van der Waals surface area contributed by atoms with Crippen LogP contribution in [0.5, 0.6) is 0 Å². The Bertz CT molecular complexity index is 555. The Kier molecular flexibility index (Phi) is 4.65. The van der Waals surface area contributed by atoms with E-state index in [1.54, 1.807) is 12.1 Å². The van der Waals surface area contributed by atoms with Crippen LogP contribution in [-0.4, -0.2) is 29.3 Å². The first-order valence-electron chi connectivity index (χ1n) is 6.41. The molecule has 0 saturated carbocycles. The summed E-state index contributed by atoms with van der Waals surface area (Å²) in [6.45, 7) is 2.07. The molecule has 0 spiro atoms. The van der Waals surface area contributed by atoms with Crippen molar-refractivity contribution in [2.24, 2.45) is 0 Å². The first-order chi connectivity index (χ1) is 9.69. The second kappa shape index (κ2) is 6.65. The van der Waals surface area contributed by atoms with Gasteiger partial charge in [-0.3, -0.25) is 0 Å². The van der Waals surface area contributed by atoms with Crippen molar-refractivity contribution >= 4 is 11.8 Å².